The highest BCUT2D eigenvalue weighted by atomic mass is 16.3. The van der Waals surface area contributed by atoms with E-state index >= 15 is 0 Å². The van der Waals surface area contributed by atoms with Gasteiger partial charge in [0.2, 0.25) is 0 Å². The second kappa shape index (κ2) is 4.87. The predicted octanol–water partition coefficient (Wildman–Crippen LogP) is 2.58. The molecule has 13 heavy (non-hydrogen) atoms. The highest BCUT2D eigenvalue weighted by Crippen LogP contribution is 2.24. The van der Waals surface area contributed by atoms with Crippen molar-refractivity contribution in [3.05, 3.63) is 29.8 Å². The Morgan fingerprint density at radius 3 is 2.69 bits per heavy atom. The summed E-state index contributed by atoms with van der Waals surface area (Å²) in [5.74, 6) is 0.311. The summed E-state index contributed by atoms with van der Waals surface area (Å²) in [6.07, 6.45) is 3.19. The third-order valence-corrected chi connectivity index (χ3v) is 2.20. The maximum absolute atomic E-state index is 9.50. The Hall–Kier alpha value is -1.02. The van der Waals surface area contributed by atoms with Crippen LogP contribution in [0.5, 0.6) is 5.75 Å². The first-order chi connectivity index (χ1) is 6.25. The minimum absolute atomic E-state index is 0.0267. The third kappa shape index (κ3) is 2.74. The molecule has 0 bridgehead atoms. The minimum atomic E-state index is -0.0267. The molecule has 0 aliphatic carbocycles. The molecule has 2 nitrogen and oxygen atoms in total. The van der Waals surface area contributed by atoms with Crippen molar-refractivity contribution in [1.29, 1.82) is 0 Å². The van der Waals surface area contributed by atoms with E-state index < -0.39 is 0 Å². The van der Waals surface area contributed by atoms with Crippen LogP contribution in [-0.4, -0.2) is 5.11 Å². The van der Waals surface area contributed by atoms with Gasteiger partial charge in [-0.1, -0.05) is 38.0 Å². The number of phenolic OH excluding ortho intramolecular Hbond substituents is 1. The van der Waals surface area contributed by atoms with E-state index in [0.29, 0.717) is 5.75 Å². The molecule has 0 amide bonds. The van der Waals surface area contributed by atoms with E-state index in [4.69, 9.17) is 5.73 Å². The molecule has 0 saturated carbocycles. The molecule has 0 aliphatic rings. The third-order valence-electron chi connectivity index (χ3n) is 2.20. The minimum Gasteiger partial charge on any atom is -0.508 e. The first-order valence-electron chi connectivity index (χ1n) is 4.79. The van der Waals surface area contributed by atoms with Gasteiger partial charge >= 0.3 is 0 Å². The molecule has 0 saturated heterocycles. The fraction of sp³-hybridized carbons (Fsp3) is 0.455. The van der Waals surface area contributed by atoms with Crippen LogP contribution in [-0.2, 0) is 0 Å². The molecular weight excluding hydrogens is 162 g/mol. The Morgan fingerprint density at radius 1 is 1.38 bits per heavy atom. The van der Waals surface area contributed by atoms with Crippen LogP contribution >= 0.6 is 0 Å². The molecule has 2 heteroatoms. The number of benzene rings is 1. The first kappa shape index (κ1) is 10.1. The van der Waals surface area contributed by atoms with Gasteiger partial charge in [0.15, 0.2) is 0 Å². The second-order valence-electron chi connectivity index (χ2n) is 3.31. The van der Waals surface area contributed by atoms with Crippen LogP contribution in [0.1, 0.15) is 37.8 Å². The lowest BCUT2D eigenvalue weighted by Crippen LogP contribution is -2.09. The van der Waals surface area contributed by atoms with Gasteiger partial charge in [0.25, 0.3) is 0 Å². The van der Waals surface area contributed by atoms with Gasteiger partial charge in [-0.2, -0.15) is 0 Å². The lowest BCUT2D eigenvalue weighted by molar-refractivity contribution is 0.456. The van der Waals surface area contributed by atoms with Gasteiger partial charge in [-0.25, -0.2) is 0 Å². The van der Waals surface area contributed by atoms with E-state index in [1.807, 2.05) is 18.2 Å². The summed E-state index contributed by atoms with van der Waals surface area (Å²) >= 11 is 0. The Bertz CT molecular complexity index is 260. The standard InChI is InChI=1S/C11H17NO/c1-2-3-7-10(12)9-6-4-5-8-11(9)13/h4-6,8,10,13H,2-3,7,12H2,1H3/t10-/m1/s1. The van der Waals surface area contributed by atoms with Crippen LogP contribution in [0.15, 0.2) is 24.3 Å². The van der Waals surface area contributed by atoms with Crippen LogP contribution in [0.25, 0.3) is 0 Å². The van der Waals surface area contributed by atoms with Crippen LogP contribution in [0.3, 0.4) is 0 Å². The summed E-state index contributed by atoms with van der Waals surface area (Å²) in [6.45, 7) is 2.14. The molecule has 1 aromatic rings. The molecule has 0 unspecified atom stereocenters. The number of nitrogens with two attached hydrogens (primary N) is 1. The molecule has 0 aromatic heterocycles. The number of unbranched alkanes of at least 4 members (excludes halogenated alkanes) is 1. The number of aromatic hydroxyl groups is 1. The van der Waals surface area contributed by atoms with Crippen molar-refractivity contribution in [2.75, 3.05) is 0 Å². The van der Waals surface area contributed by atoms with Gasteiger partial charge in [-0.05, 0) is 12.5 Å². The number of para-hydroxylation sites is 1. The molecule has 3 N–H and O–H groups in total. The van der Waals surface area contributed by atoms with E-state index in [1.54, 1.807) is 6.07 Å². The maximum atomic E-state index is 9.50. The molecule has 1 rings (SSSR count). The lowest BCUT2D eigenvalue weighted by atomic mass is 10.0. The molecule has 1 aromatic carbocycles. The Balaban J connectivity index is 2.65. The lowest BCUT2D eigenvalue weighted by Gasteiger charge is -2.12. The molecule has 0 heterocycles. The zero-order valence-electron chi connectivity index (χ0n) is 8.03. The van der Waals surface area contributed by atoms with Gasteiger partial charge in [0.1, 0.15) is 5.75 Å². The SMILES string of the molecule is CCCC[C@@H](N)c1ccccc1O. The van der Waals surface area contributed by atoms with E-state index in [0.717, 1.165) is 24.8 Å². The largest absolute Gasteiger partial charge is 0.508 e. The molecule has 0 fully saturated rings. The van der Waals surface area contributed by atoms with Crippen molar-refractivity contribution in [3.63, 3.8) is 0 Å². The molecule has 0 spiro atoms. The maximum Gasteiger partial charge on any atom is 0.120 e. The van der Waals surface area contributed by atoms with E-state index in [2.05, 4.69) is 6.92 Å². The molecule has 0 aliphatic heterocycles. The zero-order valence-corrected chi connectivity index (χ0v) is 8.03. The average Bonchev–Trinajstić information content (AvgIpc) is 2.15. The highest BCUT2D eigenvalue weighted by molar-refractivity contribution is 5.34. The summed E-state index contributed by atoms with van der Waals surface area (Å²) in [5.41, 5.74) is 6.78. The van der Waals surface area contributed by atoms with Crippen molar-refractivity contribution in [2.24, 2.45) is 5.73 Å². The van der Waals surface area contributed by atoms with E-state index in [1.165, 1.54) is 0 Å². The normalized spacial score (nSPS) is 12.8. The van der Waals surface area contributed by atoms with Gasteiger partial charge in [0, 0.05) is 11.6 Å². The predicted molar refractivity (Wildman–Crippen MR) is 54.6 cm³/mol. The van der Waals surface area contributed by atoms with Gasteiger partial charge < -0.3 is 10.8 Å². The van der Waals surface area contributed by atoms with Crippen molar-refractivity contribution in [3.8, 4) is 5.75 Å². The Morgan fingerprint density at radius 2 is 2.08 bits per heavy atom. The Kier molecular flexibility index (Phi) is 3.77. The van der Waals surface area contributed by atoms with Gasteiger partial charge in [-0.15, -0.1) is 0 Å². The fourth-order valence-electron chi connectivity index (χ4n) is 1.38. The summed E-state index contributed by atoms with van der Waals surface area (Å²) in [4.78, 5) is 0. The average molecular weight is 179 g/mol. The summed E-state index contributed by atoms with van der Waals surface area (Å²) < 4.78 is 0. The van der Waals surface area contributed by atoms with Crippen molar-refractivity contribution in [1.82, 2.24) is 0 Å². The van der Waals surface area contributed by atoms with Crippen LogP contribution in [0.4, 0.5) is 0 Å². The molecule has 72 valence electrons. The van der Waals surface area contributed by atoms with E-state index in [9.17, 15) is 5.11 Å². The van der Waals surface area contributed by atoms with Gasteiger partial charge in [0.05, 0.1) is 0 Å². The molecule has 0 radical (unpaired) electrons. The molecular formula is C11H17NO. The smallest absolute Gasteiger partial charge is 0.120 e. The summed E-state index contributed by atoms with van der Waals surface area (Å²) in [5, 5.41) is 9.50. The molecule has 1 atom stereocenters. The zero-order chi connectivity index (χ0) is 9.68. The monoisotopic (exact) mass is 179 g/mol. The van der Waals surface area contributed by atoms with Crippen LogP contribution in [0.2, 0.25) is 0 Å². The number of hydrogen-bond acceptors (Lipinski definition) is 2. The van der Waals surface area contributed by atoms with E-state index in [-0.39, 0.29) is 6.04 Å². The second-order valence-corrected chi connectivity index (χ2v) is 3.31. The van der Waals surface area contributed by atoms with Crippen molar-refractivity contribution < 1.29 is 5.11 Å². The van der Waals surface area contributed by atoms with Crippen molar-refractivity contribution >= 4 is 0 Å². The summed E-state index contributed by atoms with van der Waals surface area (Å²) in [7, 11) is 0. The number of rotatable bonds is 4. The quantitative estimate of drug-likeness (QED) is 0.746. The van der Waals surface area contributed by atoms with Gasteiger partial charge in [-0.3, -0.25) is 0 Å². The Labute approximate surface area is 79.4 Å². The number of phenols is 1. The summed E-state index contributed by atoms with van der Waals surface area (Å²) in [6, 6.07) is 7.25. The highest BCUT2D eigenvalue weighted by Gasteiger charge is 2.08. The topological polar surface area (TPSA) is 46.2 Å². The van der Waals surface area contributed by atoms with Crippen molar-refractivity contribution in [2.45, 2.75) is 32.2 Å². The fourth-order valence-corrected chi connectivity index (χ4v) is 1.38. The van der Waals surface area contributed by atoms with Crippen LogP contribution in [0, 0.1) is 0 Å². The first-order valence-corrected chi connectivity index (χ1v) is 4.79. The number of hydrogen-bond donors (Lipinski definition) is 2. The van der Waals surface area contributed by atoms with Crippen LogP contribution < -0.4 is 5.73 Å².